The number of carbonyl (C=O) groups excluding carboxylic acids is 1. The van der Waals surface area contributed by atoms with Crippen molar-refractivity contribution in [1.29, 1.82) is 0 Å². The first-order valence-electron chi connectivity index (χ1n) is 14.3. The maximum absolute atomic E-state index is 13.8. The summed E-state index contributed by atoms with van der Waals surface area (Å²) in [7, 11) is -3.66. The van der Waals surface area contributed by atoms with Crippen molar-refractivity contribution in [1.82, 2.24) is 24.9 Å². The molecule has 1 aliphatic rings. The number of carbonyl (C=O) groups is 1. The summed E-state index contributed by atoms with van der Waals surface area (Å²) < 4.78 is 30.0. The molecule has 0 bridgehead atoms. The first kappa shape index (κ1) is 32.2. The highest BCUT2D eigenvalue weighted by Gasteiger charge is 2.29. The molecule has 44 heavy (non-hydrogen) atoms. The predicted octanol–water partition coefficient (Wildman–Crippen LogP) is 6.57. The Kier molecular flexibility index (Phi) is 10.2. The summed E-state index contributed by atoms with van der Waals surface area (Å²) in [6, 6.07) is 16.8. The summed E-state index contributed by atoms with van der Waals surface area (Å²) in [6.45, 7) is 6.53. The van der Waals surface area contributed by atoms with E-state index < -0.39 is 21.2 Å². The lowest BCUT2D eigenvalue weighted by molar-refractivity contribution is 0.0743. The van der Waals surface area contributed by atoms with Crippen molar-refractivity contribution >= 4 is 50.5 Å². The Morgan fingerprint density at radius 1 is 1.02 bits per heavy atom. The minimum atomic E-state index is -3.66. The van der Waals surface area contributed by atoms with Crippen molar-refractivity contribution in [3.05, 3.63) is 91.9 Å². The quantitative estimate of drug-likeness (QED) is 0.207. The second-order valence-corrected chi connectivity index (χ2v) is 15.1. The predicted molar refractivity (Wildman–Crippen MR) is 178 cm³/mol. The van der Waals surface area contributed by atoms with Gasteiger partial charge in [0.2, 0.25) is 10.0 Å². The molecule has 5 rings (SSSR count). The molecule has 0 spiro atoms. The molecule has 0 atom stereocenters. The molecule has 2 N–H and O–H groups in total. The van der Waals surface area contributed by atoms with Crippen LogP contribution in [0.3, 0.4) is 0 Å². The molecule has 12 heteroatoms. The fourth-order valence-electron chi connectivity index (χ4n) is 4.73. The largest absolute Gasteiger partial charge is 0.286 e. The molecule has 1 aliphatic heterocycles. The Labute approximate surface area is 272 Å². The minimum absolute atomic E-state index is 0.101. The van der Waals surface area contributed by atoms with Crippen LogP contribution in [0.1, 0.15) is 65.2 Å². The summed E-state index contributed by atoms with van der Waals surface area (Å²) in [5.74, 6) is 5.99. The maximum atomic E-state index is 13.8. The molecule has 3 heterocycles. The van der Waals surface area contributed by atoms with Gasteiger partial charge in [0.25, 0.3) is 5.91 Å². The third kappa shape index (κ3) is 7.54. The molecule has 8 nitrogen and oxygen atoms in total. The highest BCUT2D eigenvalue weighted by molar-refractivity contribution is 7.90. The molecule has 1 saturated heterocycles. The normalized spacial score (nSPS) is 14.0. The smallest absolute Gasteiger partial charge is 0.283 e. The van der Waals surface area contributed by atoms with Crippen molar-refractivity contribution in [3.8, 4) is 28.1 Å². The Morgan fingerprint density at radius 2 is 1.75 bits per heavy atom. The van der Waals surface area contributed by atoms with E-state index in [-0.39, 0.29) is 12.2 Å². The van der Waals surface area contributed by atoms with E-state index in [2.05, 4.69) is 22.0 Å². The lowest BCUT2D eigenvalue weighted by Gasteiger charge is -2.26. The number of amides is 1. The number of aryl methyl sites for hydroxylation is 1. The number of benzene rings is 2. The monoisotopic (exact) mass is 669 g/mol. The van der Waals surface area contributed by atoms with Gasteiger partial charge >= 0.3 is 0 Å². The van der Waals surface area contributed by atoms with Crippen molar-refractivity contribution in [3.63, 3.8) is 0 Å². The average molecular weight is 671 g/mol. The Morgan fingerprint density at radius 3 is 2.43 bits per heavy atom. The summed E-state index contributed by atoms with van der Waals surface area (Å²) in [6.07, 6.45) is 3.06. The van der Waals surface area contributed by atoms with Gasteiger partial charge in [0.05, 0.1) is 31.4 Å². The van der Waals surface area contributed by atoms with Crippen LogP contribution in [0.5, 0.6) is 0 Å². The number of thiophene rings is 1. The van der Waals surface area contributed by atoms with Crippen LogP contribution in [0, 0.1) is 18.8 Å². The number of sulfonamides is 1. The van der Waals surface area contributed by atoms with E-state index in [1.165, 1.54) is 11.3 Å². The minimum Gasteiger partial charge on any atom is -0.283 e. The molecule has 1 amide bonds. The molecule has 230 valence electrons. The van der Waals surface area contributed by atoms with E-state index in [1.807, 2.05) is 48.3 Å². The van der Waals surface area contributed by atoms with Crippen molar-refractivity contribution in [2.45, 2.75) is 51.8 Å². The van der Waals surface area contributed by atoms with Crippen LogP contribution in [-0.2, 0) is 16.6 Å². The van der Waals surface area contributed by atoms with Gasteiger partial charge in [0, 0.05) is 35.8 Å². The van der Waals surface area contributed by atoms with Gasteiger partial charge in [-0.25, -0.2) is 22.8 Å². The number of hydrogen-bond donors (Lipinski definition) is 2. The average Bonchev–Trinajstić information content (AvgIpc) is 3.61. The third-order valence-electron chi connectivity index (χ3n) is 7.24. The number of hydrazine groups is 1. The number of hydrogen-bond acceptors (Lipinski definition) is 6. The molecule has 2 aromatic carbocycles. The summed E-state index contributed by atoms with van der Waals surface area (Å²) in [4.78, 5) is 15.3. The molecule has 1 fully saturated rings. The zero-order chi connectivity index (χ0) is 31.4. The maximum Gasteiger partial charge on any atom is 0.286 e. The number of aromatic nitrogens is 2. The van der Waals surface area contributed by atoms with Crippen LogP contribution in [0.2, 0.25) is 10.0 Å². The zero-order valence-electron chi connectivity index (χ0n) is 24.7. The molecule has 0 unspecified atom stereocenters. The number of nitrogens with one attached hydrogen (secondary N) is 2. The second-order valence-electron chi connectivity index (χ2n) is 10.9. The van der Waals surface area contributed by atoms with Gasteiger partial charge in [-0.05, 0) is 76.1 Å². The summed E-state index contributed by atoms with van der Waals surface area (Å²) in [5, 5.41) is 6.75. The molecule has 0 aliphatic carbocycles. The molecule has 0 radical (unpaired) electrons. The molecule has 2 aromatic heterocycles. The molecular formula is C32H33Cl2N5O3S2. The van der Waals surface area contributed by atoms with Crippen LogP contribution in [0.15, 0.2) is 54.6 Å². The van der Waals surface area contributed by atoms with Gasteiger partial charge < -0.3 is 0 Å². The number of halogens is 2. The third-order valence-corrected chi connectivity index (χ3v) is 10.6. The van der Waals surface area contributed by atoms with Crippen LogP contribution < -0.4 is 10.1 Å². The van der Waals surface area contributed by atoms with E-state index in [0.29, 0.717) is 27.0 Å². The fourth-order valence-corrected chi connectivity index (χ4v) is 6.81. The Balaban J connectivity index is 1.64. The van der Waals surface area contributed by atoms with Gasteiger partial charge in [-0.15, -0.1) is 11.3 Å². The Bertz CT molecular complexity index is 1830. The van der Waals surface area contributed by atoms with E-state index >= 15 is 0 Å². The number of nitrogens with zero attached hydrogens (tertiary/aromatic N) is 3. The molecule has 4 aromatic rings. The van der Waals surface area contributed by atoms with Gasteiger partial charge in [0.15, 0.2) is 5.69 Å². The van der Waals surface area contributed by atoms with Crippen LogP contribution >= 0.6 is 34.5 Å². The molecule has 0 saturated carbocycles. The highest BCUT2D eigenvalue weighted by Crippen LogP contribution is 2.37. The highest BCUT2D eigenvalue weighted by atomic mass is 35.5. The fraction of sp³-hybridized carbons (Fsp3) is 0.312. The van der Waals surface area contributed by atoms with Crippen molar-refractivity contribution < 1.29 is 13.2 Å². The van der Waals surface area contributed by atoms with Crippen LogP contribution in [0.25, 0.3) is 16.3 Å². The first-order valence-corrected chi connectivity index (χ1v) is 17.4. The van der Waals surface area contributed by atoms with E-state index in [1.54, 1.807) is 36.7 Å². The first-order chi connectivity index (χ1) is 21.0. The van der Waals surface area contributed by atoms with Crippen LogP contribution in [0.4, 0.5) is 0 Å². The SMILES string of the molecule is Cc1ccc(C#Cc2ccc(-c3c(CNS(=O)(=O)C(C)C)c(C(=O)NN4CCCCC4)nn3-c3ccc(Cl)cc3Cl)s2)cc1. The topological polar surface area (TPSA) is 96.3 Å². The summed E-state index contributed by atoms with van der Waals surface area (Å²) in [5.41, 5.74) is 6.59. The van der Waals surface area contributed by atoms with E-state index in [4.69, 9.17) is 28.3 Å². The zero-order valence-corrected chi connectivity index (χ0v) is 27.8. The molecular weight excluding hydrogens is 637 g/mol. The number of piperidine rings is 1. The lowest BCUT2D eigenvalue weighted by atomic mass is 10.1. The van der Waals surface area contributed by atoms with Gasteiger partial charge in [0.1, 0.15) is 0 Å². The van der Waals surface area contributed by atoms with Gasteiger partial charge in [-0.2, -0.15) is 5.10 Å². The van der Waals surface area contributed by atoms with Crippen molar-refractivity contribution in [2.24, 2.45) is 0 Å². The summed E-state index contributed by atoms with van der Waals surface area (Å²) >= 11 is 14.3. The van der Waals surface area contributed by atoms with E-state index in [9.17, 15) is 13.2 Å². The standard InChI is InChI=1S/C32H33Cl2N5O3S2/c1-21(2)44(41,42)35-20-26-30(32(40)37-38-17-5-4-6-18-38)36-39(28-15-12-24(33)19-27(28)34)31(26)29-16-14-25(43-29)13-11-23-9-7-22(3)8-10-23/h7-10,12,14-16,19,21,35H,4-6,17-18,20H2,1-3H3,(H,37,40). The number of rotatable bonds is 8. The second kappa shape index (κ2) is 13.9. The lowest BCUT2D eigenvalue weighted by Crippen LogP contribution is -2.45. The van der Waals surface area contributed by atoms with Crippen molar-refractivity contribution in [2.75, 3.05) is 13.1 Å². The Hall–Kier alpha value is -3.17. The van der Waals surface area contributed by atoms with Gasteiger partial charge in [-0.1, -0.05) is 59.2 Å². The van der Waals surface area contributed by atoms with Crippen LogP contribution in [-0.4, -0.2) is 47.5 Å². The van der Waals surface area contributed by atoms with E-state index in [0.717, 1.165) is 53.2 Å². The van der Waals surface area contributed by atoms with Gasteiger partial charge in [-0.3, -0.25) is 10.2 Å².